The first-order chi connectivity index (χ1) is 6.66. The van der Waals surface area contributed by atoms with Gasteiger partial charge in [0.1, 0.15) is 0 Å². The lowest BCUT2D eigenvalue weighted by atomic mass is 10.2. The third-order valence-corrected chi connectivity index (χ3v) is 2.38. The fourth-order valence-corrected chi connectivity index (χ4v) is 1.37. The van der Waals surface area contributed by atoms with Crippen LogP contribution < -0.4 is 0 Å². The molecule has 0 amide bonds. The molecule has 0 rings (SSSR count). The predicted molar refractivity (Wildman–Crippen MR) is 59.3 cm³/mol. The maximum atomic E-state index is 9.09. The van der Waals surface area contributed by atoms with E-state index in [9.17, 15) is 0 Å². The summed E-state index contributed by atoms with van der Waals surface area (Å²) in [6.45, 7) is 4.21. The number of aliphatic hydroxyl groups excluding tert-OH is 2. The standard InChI is InChI=1S/C11H25NO2/c1-11(14)7-9-12(2)8-5-3-4-6-10-13/h11,13-14H,3-10H2,1-2H3. The van der Waals surface area contributed by atoms with Gasteiger partial charge in [0.05, 0.1) is 6.10 Å². The van der Waals surface area contributed by atoms with E-state index in [1.165, 1.54) is 12.8 Å². The van der Waals surface area contributed by atoms with E-state index in [1.54, 1.807) is 0 Å². The van der Waals surface area contributed by atoms with Crippen LogP contribution in [0.25, 0.3) is 0 Å². The Morgan fingerprint density at radius 2 is 1.71 bits per heavy atom. The molecule has 0 saturated heterocycles. The zero-order chi connectivity index (χ0) is 10.8. The van der Waals surface area contributed by atoms with Crippen molar-refractivity contribution in [3.63, 3.8) is 0 Å². The third kappa shape index (κ3) is 9.96. The van der Waals surface area contributed by atoms with Crippen molar-refractivity contribution in [3.8, 4) is 0 Å². The van der Waals surface area contributed by atoms with Gasteiger partial charge in [-0.15, -0.1) is 0 Å². The lowest BCUT2D eigenvalue weighted by Gasteiger charge is -2.17. The molecule has 3 nitrogen and oxygen atoms in total. The number of aliphatic hydroxyl groups is 2. The van der Waals surface area contributed by atoms with Crippen molar-refractivity contribution in [3.05, 3.63) is 0 Å². The van der Waals surface area contributed by atoms with Crippen molar-refractivity contribution in [2.75, 3.05) is 26.7 Å². The van der Waals surface area contributed by atoms with Crippen LogP contribution in [0.1, 0.15) is 39.0 Å². The van der Waals surface area contributed by atoms with Crippen LogP contribution >= 0.6 is 0 Å². The molecule has 0 aliphatic carbocycles. The molecule has 1 atom stereocenters. The maximum Gasteiger partial charge on any atom is 0.0524 e. The molecule has 1 unspecified atom stereocenters. The molecule has 0 fully saturated rings. The number of rotatable bonds is 9. The van der Waals surface area contributed by atoms with Crippen LogP contribution in [0.2, 0.25) is 0 Å². The summed E-state index contributed by atoms with van der Waals surface area (Å²) in [5, 5.41) is 17.7. The van der Waals surface area contributed by atoms with E-state index in [2.05, 4.69) is 11.9 Å². The quantitative estimate of drug-likeness (QED) is 0.554. The van der Waals surface area contributed by atoms with Gasteiger partial charge in [0.25, 0.3) is 0 Å². The average molecular weight is 203 g/mol. The van der Waals surface area contributed by atoms with Gasteiger partial charge in [0.15, 0.2) is 0 Å². The van der Waals surface area contributed by atoms with E-state index < -0.39 is 0 Å². The highest BCUT2D eigenvalue weighted by Crippen LogP contribution is 2.01. The van der Waals surface area contributed by atoms with Crippen LogP contribution in [0.5, 0.6) is 0 Å². The number of unbranched alkanes of at least 4 members (excludes halogenated alkanes) is 3. The predicted octanol–water partition coefficient (Wildman–Crippen LogP) is 1.24. The molecule has 14 heavy (non-hydrogen) atoms. The summed E-state index contributed by atoms with van der Waals surface area (Å²) in [5.74, 6) is 0. The molecule has 0 aliphatic rings. The fraction of sp³-hybridized carbons (Fsp3) is 1.00. The molecule has 0 bridgehead atoms. The molecule has 0 aromatic carbocycles. The van der Waals surface area contributed by atoms with E-state index in [0.717, 1.165) is 32.4 Å². The highest BCUT2D eigenvalue weighted by molar-refractivity contribution is 4.55. The van der Waals surface area contributed by atoms with Gasteiger partial charge >= 0.3 is 0 Å². The molecule has 0 aromatic rings. The van der Waals surface area contributed by atoms with Crippen molar-refractivity contribution < 1.29 is 10.2 Å². The monoisotopic (exact) mass is 203 g/mol. The molecule has 0 heterocycles. The summed E-state index contributed by atoms with van der Waals surface area (Å²) >= 11 is 0. The maximum absolute atomic E-state index is 9.09. The Hall–Kier alpha value is -0.120. The van der Waals surface area contributed by atoms with Gasteiger partial charge in [-0.1, -0.05) is 12.8 Å². The Kier molecular flexibility index (Phi) is 9.35. The highest BCUT2D eigenvalue weighted by atomic mass is 16.3. The number of hydrogen-bond donors (Lipinski definition) is 2. The van der Waals surface area contributed by atoms with Crippen LogP contribution in [0.4, 0.5) is 0 Å². The fourth-order valence-electron chi connectivity index (χ4n) is 1.37. The van der Waals surface area contributed by atoms with Crippen molar-refractivity contribution in [2.24, 2.45) is 0 Å². The van der Waals surface area contributed by atoms with E-state index >= 15 is 0 Å². The Labute approximate surface area is 87.7 Å². The molecular formula is C11H25NO2. The van der Waals surface area contributed by atoms with Gasteiger partial charge in [-0.3, -0.25) is 0 Å². The summed E-state index contributed by atoms with van der Waals surface area (Å²) in [7, 11) is 2.09. The normalized spacial score (nSPS) is 13.5. The second-order valence-corrected chi connectivity index (χ2v) is 4.08. The van der Waals surface area contributed by atoms with Crippen LogP contribution in [0.15, 0.2) is 0 Å². The van der Waals surface area contributed by atoms with E-state index in [0.29, 0.717) is 6.61 Å². The Morgan fingerprint density at radius 3 is 2.29 bits per heavy atom. The zero-order valence-corrected chi connectivity index (χ0v) is 9.58. The molecule has 0 aliphatic heterocycles. The smallest absolute Gasteiger partial charge is 0.0524 e. The topological polar surface area (TPSA) is 43.7 Å². The van der Waals surface area contributed by atoms with Gasteiger partial charge < -0.3 is 15.1 Å². The summed E-state index contributed by atoms with van der Waals surface area (Å²) in [6, 6.07) is 0. The minimum absolute atomic E-state index is 0.188. The first-order valence-corrected chi connectivity index (χ1v) is 5.64. The lowest BCUT2D eigenvalue weighted by Crippen LogP contribution is -2.23. The van der Waals surface area contributed by atoms with Crippen LogP contribution in [-0.2, 0) is 0 Å². The summed E-state index contributed by atoms with van der Waals surface area (Å²) < 4.78 is 0. The highest BCUT2D eigenvalue weighted by Gasteiger charge is 2.00. The van der Waals surface area contributed by atoms with Gasteiger partial charge in [-0.05, 0) is 39.8 Å². The molecule has 86 valence electrons. The summed E-state index contributed by atoms with van der Waals surface area (Å²) in [6.07, 6.45) is 5.10. The summed E-state index contributed by atoms with van der Waals surface area (Å²) in [5.41, 5.74) is 0. The third-order valence-electron chi connectivity index (χ3n) is 2.38. The lowest BCUT2D eigenvalue weighted by molar-refractivity contribution is 0.163. The van der Waals surface area contributed by atoms with Gasteiger partial charge in [0.2, 0.25) is 0 Å². The molecular weight excluding hydrogens is 178 g/mol. The van der Waals surface area contributed by atoms with E-state index in [-0.39, 0.29) is 6.10 Å². The Morgan fingerprint density at radius 1 is 1.07 bits per heavy atom. The average Bonchev–Trinajstić information content (AvgIpc) is 2.14. The van der Waals surface area contributed by atoms with Crippen molar-refractivity contribution >= 4 is 0 Å². The summed E-state index contributed by atoms with van der Waals surface area (Å²) in [4.78, 5) is 2.26. The Bertz CT molecular complexity index is 118. The molecule has 0 spiro atoms. The van der Waals surface area contributed by atoms with Crippen molar-refractivity contribution in [1.82, 2.24) is 4.90 Å². The molecule has 3 heteroatoms. The SMILES string of the molecule is CC(O)CCN(C)CCCCCCO. The van der Waals surface area contributed by atoms with E-state index in [4.69, 9.17) is 10.2 Å². The minimum Gasteiger partial charge on any atom is -0.396 e. The molecule has 0 saturated carbocycles. The Balaban J connectivity index is 3.14. The largest absolute Gasteiger partial charge is 0.396 e. The molecule has 0 radical (unpaired) electrons. The second-order valence-electron chi connectivity index (χ2n) is 4.08. The number of hydrogen-bond acceptors (Lipinski definition) is 3. The second kappa shape index (κ2) is 9.44. The first kappa shape index (κ1) is 13.9. The van der Waals surface area contributed by atoms with Gasteiger partial charge in [0, 0.05) is 13.2 Å². The molecule has 2 N–H and O–H groups in total. The van der Waals surface area contributed by atoms with E-state index in [1.807, 2.05) is 6.92 Å². The van der Waals surface area contributed by atoms with Crippen LogP contribution in [0.3, 0.4) is 0 Å². The van der Waals surface area contributed by atoms with Gasteiger partial charge in [-0.2, -0.15) is 0 Å². The molecule has 0 aromatic heterocycles. The first-order valence-electron chi connectivity index (χ1n) is 5.64. The van der Waals surface area contributed by atoms with Crippen molar-refractivity contribution in [1.29, 1.82) is 0 Å². The zero-order valence-electron chi connectivity index (χ0n) is 9.58. The minimum atomic E-state index is -0.188. The van der Waals surface area contributed by atoms with Crippen LogP contribution in [0, 0.1) is 0 Å². The van der Waals surface area contributed by atoms with Crippen molar-refractivity contribution in [2.45, 2.75) is 45.1 Å². The van der Waals surface area contributed by atoms with Crippen LogP contribution in [-0.4, -0.2) is 48.0 Å². The van der Waals surface area contributed by atoms with Gasteiger partial charge in [-0.25, -0.2) is 0 Å². The number of nitrogens with zero attached hydrogens (tertiary/aromatic N) is 1.